The van der Waals surface area contributed by atoms with E-state index in [0.29, 0.717) is 5.56 Å². The number of hydrogen-bond donors (Lipinski definition) is 0. The number of nitrogens with zero attached hydrogens (tertiary/aromatic N) is 2. The zero-order valence-corrected chi connectivity index (χ0v) is 27.2. The van der Waals surface area contributed by atoms with Crippen molar-refractivity contribution in [3.63, 3.8) is 0 Å². The Bertz CT molecular complexity index is 1150. The topological polar surface area (TPSA) is 116 Å². The van der Waals surface area contributed by atoms with Crippen LogP contribution in [0.25, 0.3) is 0 Å². The Kier molecular flexibility index (Phi) is 8.17. The number of nitro benzene ring substituents is 1. The SMILES string of the molecule is C[C@@H](O[Si](C)(C)C(C)(C)C)C1C(=O)N([Si](C)(C)C(C)(C)C)C1C1C(=O)OC(Cc2ccc([N+](=O)[O-])cc2)C1=O. The van der Waals surface area contributed by atoms with E-state index in [9.17, 15) is 24.5 Å². The average molecular weight is 577 g/mol. The molecule has 2 aliphatic heterocycles. The molecule has 11 heteroatoms. The molecule has 216 valence electrons. The van der Waals surface area contributed by atoms with Gasteiger partial charge in [-0.25, -0.2) is 0 Å². The molecule has 0 aliphatic carbocycles. The zero-order valence-electron chi connectivity index (χ0n) is 25.2. The summed E-state index contributed by atoms with van der Waals surface area (Å²) in [4.78, 5) is 51.4. The summed E-state index contributed by atoms with van der Waals surface area (Å²) >= 11 is 0. The third-order valence-electron chi connectivity index (χ3n) is 9.46. The van der Waals surface area contributed by atoms with Gasteiger partial charge in [-0.3, -0.25) is 24.5 Å². The molecule has 3 rings (SSSR count). The number of ether oxygens (including phenoxy) is 1. The molecule has 2 saturated heterocycles. The van der Waals surface area contributed by atoms with Crippen LogP contribution in [-0.2, 0) is 30.0 Å². The minimum atomic E-state index is -2.45. The van der Waals surface area contributed by atoms with Crippen LogP contribution in [0.4, 0.5) is 5.69 Å². The van der Waals surface area contributed by atoms with Crippen LogP contribution in [0.3, 0.4) is 0 Å². The van der Waals surface area contributed by atoms with E-state index in [1.165, 1.54) is 12.1 Å². The van der Waals surface area contributed by atoms with Gasteiger partial charge in [0.15, 0.2) is 28.4 Å². The van der Waals surface area contributed by atoms with Gasteiger partial charge < -0.3 is 13.7 Å². The highest BCUT2D eigenvalue weighted by atomic mass is 28.4. The van der Waals surface area contributed by atoms with Gasteiger partial charge in [0.2, 0.25) is 5.91 Å². The number of carbonyl (C=O) groups is 3. The van der Waals surface area contributed by atoms with Gasteiger partial charge in [-0.2, -0.15) is 0 Å². The fraction of sp³-hybridized carbons (Fsp3) is 0.679. The van der Waals surface area contributed by atoms with Crippen LogP contribution in [0.2, 0.25) is 36.3 Å². The van der Waals surface area contributed by atoms with Crippen molar-refractivity contribution in [2.24, 2.45) is 11.8 Å². The molecule has 2 aliphatic rings. The molecule has 0 N–H and O–H groups in total. The number of non-ortho nitro benzene ring substituents is 1. The fourth-order valence-corrected chi connectivity index (χ4v) is 9.00. The minimum absolute atomic E-state index is 0.0528. The van der Waals surface area contributed by atoms with E-state index in [0.717, 1.165) is 0 Å². The number of carbonyl (C=O) groups excluding carboxylic acids is 3. The van der Waals surface area contributed by atoms with E-state index in [2.05, 4.69) is 67.7 Å². The molecule has 0 spiro atoms. The van der Waals surface area contributed by atoms with E-state index in [4.69, 9.17) is 9.16 Å². The predicted molar refractivity (Wildman–Crippen MR) is 154 cm³/mol. The summed E-state index contributed by atoms with van der Waals surface area (Å²) < 4.78 is 14.1. The number of nitro groups is 1. The Morgan fingerprint density at radius 3 is 2.00 bits per heavy atom. The summed E-state index contributed by atoms with van der Waals surface area (Å²) in [6, 6.07) is 5.25. The van der Waals surface area contributed by atoms with Crippen molar-refractivity contribution in [2.75, 3.05) is 0 Å². The molecule has 2 fully saturated rings. The Morgan fingerprint density at radius 2 is 1.54 bits per heavy atom. The smallest absolute Gasteiger partial charge is 0.319 e. The van der Waals surface area contributed by atoms with E-state index in [1.54, 1.807) is 12.1 Å². The van der Waals surface area contributed by atoms with Gasteiger partial charge >= 0.3 is 5.97 Å². The second-order valence-electron chi connectivity index (χ2n) is 14.1. The Morgan fingerprint density at radius 1 is 1.00 bits per heavy atom. The van der Waals surface area contributed by atoms with Crippen LogP contribution in [0, 0.1) is 22.0 Å². The number of cyclic esters (lactones) is 1. The number of benzene rings is 1. The number of ketones is 1. The molecule has 2 heterocycles. The molecule has 1 aromatic carbocycles. The largest absolute Gasteiger partial charge is 0.453 e. The molecular formula is C28H44N2O7Si2. The van der Waals surface area contributed by atoms with Crippen molar-refractivity contribution in [1.82, 2.24) is 4.57 Å². The standard InChI is InChI=1S/C28H44N2O7Si2/c1-17(37-39(10,11)28(5,6)7)21-23(29(25(21)32)38(8,9)27(2,3)4)22-24(31)20(36-26(22)33)16-18-12-14-19(15-13-18)30(34)35/h12-15,17,20-23H,16H2,1-11H3/t17-,20?,21?,22?,23?/m1/s1. The Hall–Kier alpha value is -2.38. The lowest BCUT2D eigenvalue weighted by Gasteiger charge is -2.60. The monoisotopic (exact) mass is 576 g/mol. The second-order valence-corrected chi connectivity index (χ2v) is 23.9. The Labute approximate surface area is 234 Å². The number of esters is 1. The molecule has 4 unspecified atom stereocenters. The van der Waals surface area contributed by atoms with Crippen molar-refractivity contribution in [2.45, 2.75) is 109 Å². The molecule has 1 aromatic rings. The van der Waals surface area contributed by atoms with Crippen LogP contribution in [-0.4, -0.2) is 62.0 Å². The molecule has 5 atom stereocenters. The van der Waals surface area contributed by atoms with E-state index < -0.39 is 57.5 Å². The minimum Gasteiger partial charge on any atom is -0.453 e. The third kappa shape index (κ3) is 5.62. The van der Waals surface area contributed by atoms with Crippen LogP contribution < -0.4 is 0 Å². The summed E-state index contributed by atoms with van der Waals surface area (Å²) in [5.41, 5.74) is 0.604. The van der Waals surface area contributed by atoms with Gasteiger partial charge in [-0.05, 0) is 35.7 Å². The quantitative estimate of drug-likeness (QED) is 0.100. The summed E-state index contributed by atoms with van der Waals surface area (Å²) in [5, 5.41) is 10.7. The first-order chi connectivity index (χ1) is 17.6. The molecule has 0 radical (unpaired) electrons. The first-order valence-corrected chi connectivity index (χ1v) is 19.5. The first-order valence-electron chi connectivity index (χ1n) is 13.6. The highest BCUT2D eigenvalue weighted by molar-refractivity contribution is 6.80. The van der Waals surface area contributed by atoms with Gasteiger partial charge in [-0.1, -0.05) is 66.8 Å². The highest BCUT2D eigenvalue weighted by Crippen LogP contribution is 2.50. The van der Waals surface area contributed by atoms with Crippen molar-refractivity contribution in [3.8, 4) is 0 Å². The van der Waals surface area contributed by atoms with Crippen LogP contribution in [0.15, 0.2) is 24.3 Å². The van der Waals surface area contributed by atoms with Gasteiger partial charge in [-0.15, -0.1) is 0 Å². The van der Waals surface area contributed by atoms with Crippen molar-refractivity contribution >= 4 is 39.9 Å². The maximum atomic E-state index is 13.8. The van der Waals surface area contributed by atoms with E-state index >= 15 is 0 Å². The molecule has 39 heavy (non-hydrogen) atoms. The van der Waals surface area contributed by atoms with Gasteiger partial charge in [0.05, 0.1) is 23.0 Å². The number of Topliss-reactive ketones (excluding diaryl/α,β-unsaturated/α-hetero) is 1. The third-order valence-corrected chi connectivity index (χ3v) is 19.4. The fourth-order valence-electron chi connectivity index (χ4n) is 5.10. The average Bonchev–Trinajstić information content (AvgIpc) is 3.02. The highest BCUT2D eigenvalue weighted by Gasteiger charge is 2.66. The maximum Gasteiger partial charge on any atom is 0.319 e. The van der Waals surface area contributed by atoms with Crippen molar-refractivity contribution in [1.29, 1.82) is 0 Å². The van der Waals surface area contributed by atoms with Crippen LogP contribution >= 0.6 is 0 Å². The maximum absolute atomic E-state index is 13.8. The van der Waals surface area contributed by atoms with E-state index in [1.807, 2.05) is 11.5 Å². The molecule has 0 aromatic heterocycles. The zero-order chi connectivity index (χ0) is 29.9. The molecular weight excluding hydrogens is 532 g/mol. The molecule has 9 nitrogen and oxygen atoms in total. The summed E-state index contributed by atoms with van der Waals surface area (Å²) in [5.74, 6) is -2.72. The molecule has 1 amide bonds. The van der Waals surface area contributed by atoms with Crippen molar-refractivity contribution in [3.05, 3.63) is 39.9 Å². The number of rotatable bonds is 8. The summed E-state index contributed by atoms with van der Waals surface area (Å²) in [7, 11) is -4.69. The molecule has 0 bridgehead atoms. The van der Waals surface area contributed by atoms with E-state index in [-0.39, 0.29) is 33.9 Å². The normalized spacial score (nSPS) is 25.4. The lowest BCUT2D eigenvalue weighted by Crippen LogP contribution is -2.77. The summed E-state index contributed by atoms with van der Waals surface area (Å²) in [6.45, 7) is 23.0. The lowest BCUT2D eigenvalue weighted by atomic mass is 9.76. The number of β-lactam (4-membered cyclic amide) rings is 1. The predicted octanol–water partition coefficient (Wildman–Crippen LogP) is 5.49. The first kappa shape index (κ1) is 31.2. The lowest BCUT2D eigenvalue weighted by molar-refractivity contribution is -0.384. The van der Waals surface area contributed by atoms with Crippen LogP contribution in [0.1, 0.15) is 54.0 Å². The van der Waals surface area contributed by atoms with Gasteiger partial charge in [0, 0.05) is 18.6 Å². The van der Waals surface area contributed by atoms with Gasteiger partial charge in [0.1, 0.15) is 5.92 Å². The Balaban J connectivity index is 1.95. The number of hydrogen-bond acceptors (Lipinski definition) is 7. The van der Waals surface area contributed by atoms with Crippen molar-refractivity contribution < 1.29 is 28.5 Å². The molecule has 0 saturated carbocycles. The second kappa shape index (κ2) is 10.2. The van der Waals surface area contributed by atoms with Gasteiger partial charge in [0.25, 0.3) is 5.69 Å². The van der Waals surface area contributed by atoms with Crippen LogP contribution in [0.5, 0.6) is 0 Å². The number of amides is 1. The summed E-state index contributed by atoms with van der Waals surface area (Å²) in [6.07, 6.45) is -1.34.